The molecule has 0 unspecified atom stereocenters. The summed E-state index contributed by atoms with van der Waals surface area (Å²) in [5.41, 5.74) is -0.456. The molecule has 0 amide bonds. The Labute approximate surface area is 90.9 Å². The fraction of sp³-hybridized carbons (Fsp3) is 0.250. The predicted molar refractivity (Wildman–Crippen MR) is 45.6 cm³/mol. The number of nitrogens with zero attached hydrogens (tertiary/aromatic N) is 1. The number of alkyl halides is 5. The summed E-state index contributed by atoms with van der Waals surface area (Å²) in [5, 5.41) is 8.55. The van der Waals surface area contributed by atoms with Crippen LogP contribution >= 0.6 is 0 Å². The number of carbonyl (C=O) groups is 1. The van der Waals surface area contributed by atoms with Crippen LogP contribution in [-0.4, -0.2) is 16.1 Å². The zero-order valence-corrected chi connectivity index (χ0v) is 7.92. The van der Waals surface area contributed by atoms with Crippen LogP contribution in [0.5, 0.6) is 0 Å². The molecular formula is C8H5F5N2O2. The van der Waals surface area contributed by atoms with E-state index in [9.17, 15) is 26.7 Å². The van der Waals surface area contributed by atoms with Crippen LogP contribution in [0.3, 0.4) is 0 Å². The van der Waals surface area contributed by atoms with Crippen molar-refractivity contribution in [1.29, 1.82) is 0 Å². The summed E-state index contributed by atoms with van der Waals surface area (Å²) in [6, 6.07) is 0. The molecule has 0 saturated carbocycles. The van der Waals surface area contributed by atoms with Gasteiger partial charge in [0.25, 0.3) is 6.43 Å². The molecule has 0 bridgehead atoms. The van der Waals surface area contributed by atoms with Crippen LogP contribution in [0.2, 0.25) is 0 Å². The van der Waals surface area contributed by atoms with Gasteiger partial charge in [0.05, 0.1) is 11.3 Å². The molecule has 1 aromatic rings. The number of aromatic nitrogens is 1. The molecule has 0 spiro atoms. The topological polar surface area (TPSA) is 76.2 Å². The second kappa shape index (κ2) is 4.15. The Morgan fingerprint density at radius 3 is 2.29 bits per heavy atom. The summed E-state index contributed by atoms with van der Waals surface area (Å²) in [5.74, 6) is -2.06. The molecule has 3 N–H and O–H groups in total. The summed E-state index contributed by atoms with van der Waals surface area (Å²) in [7, 11) is 0. The van der Waals surface area contributed by atoms with E-state index < -0.39 is 41.1 Å². The van der Waals surface area contributed by atoms with Crippen molar-refractivity contribution in [3.05, 3.63) is 23.0 Å². The molecule has 17 heavy (non-hydrogen) atoms. The number of halogens is 5. The van der Waals surface area contributed by atoms with Crippen LogP contribution in [0.25, 0.3) is 0 Å². The molecular weight excluding hydrogens is 251 g/mol. The van der Waals surface area contributed by atoms with Gasteiger partial charge >= 0.3 is 12.1 Å². The number of hydrogen-bond acceptors (Lipinski definition) is 3. The minimum absolute atomic E-state index is 0.218. The Morgan fingerprint density at radius 2 is 1.94 bits per heavy atom. The number of carboxylic acid groups (broad SMARTS) is 1. The number of carboxylic acids is 1. The van der Waals surface area contributed by atoms with Gasteiger partial charge in [0.1, 0.15) is 5.56 Å². The van der Waals surface area contributed by atoms with Crippen molar-refractivity contribution in [2.75, 3.05) is 5.73 Å². The number of nitrogen functional groups attached to an aromatic ring is 1. The number of nitrogens with two attached hydrogens (primary N) is 1. The summed E-state index contributed by atoms with van der Waals surface area (Å²) in [6.07, 6.45) is -8.07. The SMILES string of the molecule is Nc1c(C(F)F)cnc(C(F)(F)F)c1C(=O)O. The Kier molecular flexibility index (Phi) is 3.21. The van der Waals surface area contributed by atoms with E-state index in [2.05, 4.69) is 4.98 Å². The Hall–Kier alpha value is -1.93. The first-order valence-corrected chi connectivity index (χ1v) is 4.03. The van der Waals surface area contributed by atoms with Crippen LogP contribution in [0, 0.1) is 0 Å². The highest BCUT2D eigenvalue weighted by Crippen LogP contribution is 2.36. The minimum Gasteiger partial charge on any atom is -0.478 e. The number of pyridine rings is 1. The smallest absolute Gasteiger partial charge is 0.434 e. The second-order valence-corrected chi connectivity index (χ2v) is 2.95. The van der Waals surface area contributed by atoms with E-state index in [1.54, 1.807) is 0 Å². The molecule has 1 aromatic heterocycles. The molecule has 0 saturated heterocycles. The van der Waals surface area contributed by atoms with E-state index in [0.717, 1.165) is 0 Å². The fourth-order valence-corrected chi connectivity index (χ4v) is 1.15. The lowest BCUT2D eigenvalue weighted by molar-refractivity contribution is -0.141. The third-order valence-corrected chi connectivity index (χ3v) is 1.87. The first kappa shape index (κ1) is 13.1. The Bertz CT molecular complexity index is 458. The zero-order valence-electron chi connectivity index (χ0n) is 7.92. The third kappa shape index (κ3) is 2.43. The van der Waals surface area contributed by atoms with Gasteiger partial charge < -0.3 is 10.8 Å². The highest BCUT2D eigenvalue weighted by Gasteiger charge is 2.39. The quantitative estimate of drug-likeness (QED) is 0.796. The number of rotatable bonds is 2. The highest BCUT2D eigenvalue weighted by molar-refractivity contribution is 5.95. The van der Waals surface area contributed by atoms with Gasteiger partial charge in [-0.2, -0.15) is 13.2 Å². The number of anilines is 1. The second-order valence-electron chi connectivity index (χ2n) is 2.95. The lowest BCUT2D eigenvalue weighted by atomic mass is 10.1. The Balaban J connectivity index is 3.57. The summed E-state index contributed by atoms with van der Waals surface area (Å²) < 4.78 is 61.7. The van der Waals surface area contributed by atoms with Gasteiger partial charge in [0.15, 0.2) is 5.69 Å². The first-order valence-electron chi connectivity index (χ1n) is 4.03. The van der Waals surface area contributed by atoms with Crippen molar-refractivity contribution in [2.24, 2.45) is 0 Å². The van der Waals surface area contributed by atoms with Gasteiger partial charge in [-0.25, -0.2) is 13.6 Å². The van der Waals surface area contributed by atoms with Crippen molar-refractivity contribution in [3.63, 3.8) is 0 Å². The lowest BCUT2D eigenvalue weighted by Gasteiger charge is -2.13. The number of aromatic carboxylic acids is 1. The normalized spacial score (nSPS) is 11.9. The molecule has 0 aromatic carbocycles. The molecule has 4 nitrogen and oxygen atoms in total. The third-order valence-electron chi connectivity index (χ3n) is 1.87. The van der Waals surface area contributed by atoms with Crippen molar-refractivity contribution in [1.82, 2.24) is 4.98 Å². The molecule has 94 valence electrons. The number of hydrogen-bond donors (Lipinski definition) is 2. The summed E-state index contributed by atoms with van der Waals surface area (Å²) in [6.45, 7) is 0. The summed E-state index contributed by atoms with van der Waals surface area (Å²) in [4.78, 5) is 13.3. The van der Waals surface area contributed by atoms with E-state index in [1.807, 2.05) is 0 Å². The lowest BCUT2D eigenvalue weighted by Crippen LogP contribution is -2.18. The van der Waals surface area contributed by atoms with Gasteiger partial charge in [-0.05, 0) is 0 Å². The zero-order chi connectivity index (χ0) is 13.4. The maximum absolute atomic E-state index is 12.4. The van der Waals surface area contributed by atoms with E-state index in [-0.39, 0.29) is 6.20 Å². The van der Waals surface area contributed by atoms with Gasteiger partial charge in [-0.3, -0.25) is 4.98 Å². The average molecular weight is 256 g/mol. The van der Waals surface area contributed by atoms with Gasteiger partial charge in [-0.1, -0.05) is 0 Å². The van der Waals surface area contributed by atoms with Crippen molar-refractivity contribution in [2.45, 2.75) is 12.6 Å². The molecule has 0 aliphatic heterocycles. The minimum atomic E-state index is -5.08. The van der Waals surface area contributed by atoms with E-state index in [0.29, 0.717) is 0 Å². The monoisotopic (exact) mass is 256 g/mol. The van der Waals surface area contributed by atoms with Gasteiger partial charge in [-0.15, -0.1) is 0 Å². The maximum Gasteiger partial charge on any atom is 0.434 e. The molecule has 1 rings (SSSR count). The van der Waals surface area contributed by atoms with Crippen molar-refractivity contribution < 1.29 is 31.9 Å². The van der Waals surface area contributed by atoms with Crippen LogP contribution in [0.1, 0.15) is 28.0 Å². The molecule has 9 heteroatoms. The maximum atomic E-state index is 12.4. The average Bonchev–Trinajstić information content (AvgIpc) is 2.14. The highest BCUT2D eigenvalue weighted by atomic mass is 19.4. The standard InChI is InChI=1S/C8H5F5N2O2/c9-6(10)2-1-15-5(8(11,12)13)3(4(2)14)7(16)17/h1,6H,(H2,14,15)(H,16,17). The van der Waals surface area contributed by atoms with Gasteiger partial charge in [0, 0.05) is 6.20 Å². The molecule has 0 radical (unpaired) electrons. The molecule has 0 atom stereocenters. The first-order chi connectivity index (χ1) is 7.66. The molecule has 0 fully saturated rings. The predicted octanol–water partition coefficient (Wildman–Crippen LogP) is 2.32. The largest absolute Gasteiger partial charge is 0.478 e. The summed E-state index contributed by atoms with van der Waals surface area (Å²) >= 11 is 0. The van der Waals surface area contributed by atoms with Gasteiger partial charge in [0.2, 0.25) is 0 Å². The fourth-order valence-electron chi connectivity index (χ4n) is 1.15. The van der Waals surface area contributed by atoms with Crippen molar-refractivity contribution in [3.8, 4) is 0 Å². The van der Waals surface area contributed by atoms with E-state index in [1.165, 1.54) is 0 Å². The Morgan fingerprint density at radius 1 is 1.41 bits per heavy atom. The van der Waals surface area contributed by atoms with Crippen LogP contribution in [0.4, 0.5) is 27.6 Å². The molecule has 0 aliphatic carbocycles. The van der Waals surface area contributed by atoms with E-state index >= 15 is 0 Å². The van der Waals surface area contributed by atoms with Crippen molar-refractivity contribution >= 4 is 11.7 Å². The molecule has 1 heterocycles. The molecule has 0 aliphatic rings. The van der Waals surface area contributed by atoms with Crippen LogP contribution < -0.4 is 5.73 Å². The van der Waals surface area contributed by atoms with Crippen LogP contribution in [-0.2, 0) is 6.18 Å². The van der Waals surface area contributed by atoms with Crippen LogP contribution in [0.15, 0.2) is 6.20 Å². The van der Waals surface area contributed by atoms with E-state index in [4.69, 9.17) is 10.8 Å².